The van der Waals surface area contributed by atoms with Crippen LogP contribution >= 0.6 is 24.8 Å². The largest absolute Gasteiger partial charge is 0.463 e. The molecule has 0 saturated heterocycles. The zero-order valence-corrected chi connectivity index (χ0v) is 18.8. The summed E-state index contributed by atoms with van der Waals surface area (Å²) in [7, 11) is 0. The van der Waals surface area contributed by atoms with E-state index in [9.17, 15) is 4.79 Å². The quantitative estimate of drug-likeness (QED) is 0.566. The van der Waals surface area contributed by atoms with Gasteiger partial charge in [0.1, 0.15) is 5.69 Å². The number of fused-ring (bicyclic) bond motifs is 1. The molecule has 3 rings (SSSR count). The van der Waals surface area contributed by atoms with E-state index >= 15 is 0 Å². The van der Waals surface area contributed by atoms with Crippen LogP contribution in [0.25, 0.3) is 22.5 Å². The van der Waals surface area contributed by atoms with Gasteiger partial charge in [0.15, 0.2) is 11.4 Å². The molecule has 3 heterocycles. The average molecular weight is 442 g/mol. The number of pyridine rings is 1. The van der Waals surface area contributed by atoms with Crippen LogP contribution in [0.5, 0.6) is 0 Å². The monoisotopic (exact) mass is 441 g/mol. The third-order valence-corrected chi connectivity index (χ3v) is 5.08. The van der Waals surface area contributed by atoms with Crippen molar-refractivity contribution in [3.05, 3.63) is 36.2 Å². The smallest absolute Gasteiger partial charge is 0.252 e. The molecule has 0 aliphatic carbocycles. The fourth-order valence-corrected chi connectivity index (χ4v) is 2.99. The van der Waals surface area contributed by atoms with E-state index in [2.05, 4.69) is 15.4 Å². The summed E-state index contributed by atoms with van der Waals surface area (Å²) in [6.45, 7) is 8.53. The van der Waals surface area contributed by atoms with Crippen molar-refractivity contribution in [3.8, 4) is 11.5 Å². The van der Waals surface area contributed by atoms with E-state index in [4.69, 9.17) is 10.2 Å². The lowest BCUT2D eigenvalue weighted by Crippen LogP contribution is -2.49. The Balaban J connectivity index is 0.00000210. The van der Waals surface area contributed by atoms with Crippen molar-refractivity contribution in [2.24, 2.45) is 5.73 Å². The molecule has 0 bridgehead atoms. The van der Waals surface area contributed by atoms with Crippen molar-refractivity contribution in [2.75, 3.05) is 6.54 Å². The van der Waals surface area contributed by atoms with Crippen molar-refractivity contribution < 1.29 is 9.21 Å². The summed E-state index contributed by atoms with van der Waals surface area (Å²) in [5, 5.41) is 8.12. The first-order valence-electron chi connectivity index (χ1n) is 9.37. The number of nitrogens with one attached hydrogen (secondary N) is 1. The van der Waals surface area contributed by atoms with Crippen molar-refractivity contribution >= 4 is 41.8 Å². The summed E-state index contributed by atoms with van der Waals surface area (Å²) in [6, 6.07) is 5.49. The van der Waals surface area contributed by atoms with Crippen LogP contribution in [0.2, 0.25) is 0 Å². The third-order valence-electron chi connectivity index (χ3n) is 5.08. The molecule has 7 nitrogen and oxygen atoms in total. The van der Waals surface area contributed by atoms with Crippen LogP contribution in [0, 0.1) is 0 Å². The molecule has 0 atom stereocenters. The number of aromatic nitrogens is 3. The molecule has 3 aromatic rings. The molecule has 3 aromatic heterocycles. The van der Waals surface area contributed by atoms with Gasteiger partial charge in [0.25, 0.3) is 5.91 Å². The van der Waals surface area contributed by atoms with Gasteiger partial charge in [-0.15, -0.1) is 24.8 Å². The molecule has 0 fully saturated rings. The summed E-state index contributed by atoms with van der Waals surface area (Å²) >= 11 is 0. The molecule has 0 aliphatic rings. The number of rotatable bonds is 7. The number of furan rings is 1. The number of halogens is 2. The summed E-state index contributed by atoms with van der Waals surface area (Å²) in [4.78, 5) is 17.7. The lowest BCUT2D eigenvalue weighted by atomic mass is 9.94. The topological polar surface area (TPSA) is 99.0 Å². The van der Waals surface area contributed by atoms with Crippen molar-refractivity contribution in [1.82, 2.24) is 20.1 Å². The highest BCUT2D eigenvalue weighted by atomic mass is 35.5. The molecule has 160 valence electrons. The van der Waals surface area contributed by atoms with Crippen LogP contribution in [0.1, 0.15) is 56.9 Å². The number of hydrogen-bond acceptors (Lipinski definition) is 5. The van der Waals surface area contributed by atoms with E-state index < -0.39 is 5.54 Å². The van der Waals surface area contributed by atoms with Gasteiger partial charge in [-0.25, -0.2) is 9.67 Å². The third kappa shape index (κ3) is 5.10. The molecular formula is C20H29Cl2N5O2. The Morgan fingerprint density at radius 2 is 2.00 bits per heavy atom. The van der Waals surface area contributed by atoms with Crippen LogP contribution < -0.4 is 11.1 Å². The predicted octanol–water partition coefficient (Wildman–Crippen LogP) is 4.36. The Bertz CT molecular complexity index is 934. The van der Waals surface area contributed by atoms with Gasteiger partial charge in [0, 0.05) is 18.1 Å². The second kappa shape index (κ2) is 10.1. The molecule has 3 N–H and O–H groups in total. The molecule has 0 radical (unpaired) electrons. The van der Waals surface area contributed by atoms with E-state index in [-0.39, 0.29) is 36.8 Å². The highest BCUT2D eigenvalue weighted by Crippen LogP contribution is 2.26. The first-order valence-corrected chi connectivity index (χ1v) is 9.37. The van der Waals surface area contributed by atoms with Crippen LogP contribution in [0.4, 0.5) is 0 Å². The second-order valence-electron chi connectivity index (χ2n) is 7.20. The van der Waals surface area contributed by atoms with Gasteiger partial charge >= 0.3 is 0 Å². The van der Waals surface area contributed by atoms with E-state index in [1.807, 2.05) is 38.4 Å². The van der Waals surface area contributed by atoms with Gasteiger partial charge in [0.2, 0.25) is 0 Å². The van der Waals surface area contributed by atoms with Gasteiger partial charge in [-0.1, -0.05) is 13.8 Å². The van der Waals surface area contributed by atoms with Crippen LogP contribution in [0.3, 0.4) is 0 Å². The Labute approximate surface area is 183 Å². The summed E-state index contributed by atoms with van der Waals surface area (Å²) < 4.78 is 7.29. The van der Waals surface area contributed by atoms with Gasteiger partial charge in [0.05, 0.1) is 23.4 Å². The standard InChI is InChI=1S/C20H27N5O2.2ClH/c1-5-20(21,6-2)12-22-19(26)14-10-16(17-8-7-9-27-17)24-18-15(14)11-23-25(18)13(3)4;;/h7-11,13H,5-6,12,21H2,1-4H3,(H,22,26);2*1H. The molecule has 0 saturated carbocycles. The first kappa shape index (κ1) is 24.9. The van der Waals surface area contributed by atoms with Gasteiger partial charge < -0.3 is 15.5 Å². The Morgan fingerprint density at radius 3 is 2.55 bits per heavy atom. The maximum Gasteiger partial charge on any atom is 0.252 e. The molecule has 0 aliphatic heterocycles. The minimum Gasteiger partial charge on any atom is -0.463 e. The van der Waals surface area contributed by atoms with Crippen molar-refractivity contribution in [2.45, 2.75) is 52.1 Å². The van der Waals surface area contributed by atoms with Gasteiger partial charge in [-0.2, -0.15) is 5.10 Å². The fourth-order valence-electron chi connectivity index (χ4n) is 2.99. The first-order chi connectivity index (χ1) is 12.9. The number of carbonyl (C=O) groups is 1. The number of nitrogens with two attached hydrogens (primary N) is 1. The Kier molecular flexibility index (Phi) is 8.68. The molecule has 0 unspecified atom stereocenters. The normalized spacial score (nSPS) is 11.2. The summed E-state index contributed by atoms with van der Waals surface area (Å²) in [6.07, 6.45) is 4.86. The zero-order chi connectivity index (χ0) is 19.6. The van der Waals surface area contributed by atoms with Crippen LogP contribution in [0.15, 0.2) is 35.1 Å². The average Bonchev–Trinajstić information content (AvgIpc) is 3.34. The minimum absolute atomic E-state index is 0. The number of nitrogens with zero attached hydrogens (tertiary/aromatic N) is 3. The predicted molar refractivity (Wildman–Crippen MR) is 120 cm³/mol. The lowest BCUT2D eigenvalue weighted by Gasteiger charge is -2.26. The maximum atomic E-state index is 13.0. The number of carbonyl (C=O) groups excluding carboxylic acids is 1. The van der Waals surface area contributed by atoms with Crippen LogP contribution in [-0.2, 0) is 0 Å². The Morgan fingerprint density at radius 1 is 1.31 bits per heavy atom. The highest BCUT2D eigenvalue weighted by Gasteiger charge is 2.23. The number of amides is 1. The van der Waals surface area contributed by atoms with E-state index in [0.29, 0.717) is 34.6 Å². The van der Waals surface area contributed by atoms with E-state index in [1.165, 1.54) is 0 Å². The van der Waals surface area contributed by atoms with E-state index in [1.54, 1.807) is 24.6 Å². The second-order valence-corrected chi connectivity index (χ2v) is 7.20. The van der Waals surface area contributed by atoms with Crippen molar-refractivity contribution in [1.29, 1.82) is 0 Å². The molecule has 29 heavy (non-hydrogen) atoms. The Hall–Kier alpha value is -2.09. The van der Waals surface area contributed by atoms with Gasteiger partial charge in [-0.05, 0) is 44.9 Å². The van der Waals surface area contributed by atoms with E-state index in [0.717, 1.165) is 12.8 Å². The van der Waals surface area contributed by atoms with Gasteiger partial charge in [-0.3, -0.25) is 4.79 Å². The summed E-state index contributed by atoms with van der Waals surface area (Å²) in [5.41, 5.74) is 7.70. The minimum atomic E-state index is -0.409. The molecule has 0 aromatic carbocycles. The number of hydrogen-bond donors (Lipinski definition) is 2. The van der Waals surface area contributed by atoms with Crippen molar-refractivity contribution in [3.63, 3.8) is 0 Å². The van der Waals surface area contributed by atoms with Crippen LogP contribution in [-0.4, -0.2) is 32.8 Å². The molecular weight excluding hydrogens is 413 g/mol. The SMILES string of the molecule is CCC(N)(CC)CNC(=O)c1cc(-c2ccco2)nc2c1cnn2C(C)C.Cl.Cl. The molecule has 9 heteroatoms. The zero-order valence-electron chi connectivity index (χ0n) is 17.1. The highest BCUT2D eigenvalue weighted by molar-refractivity contribution is 6.06. The summed E-state index contributed by atoms with van der Waals surface area (Å²) in [5.74, 6) is 0.424. The fraction of sp³-hybridized carbons (Fsp3) is 0.450. The maximum absolute atomic E-state index is 13.0. The molecule has 1 amide bonds. The lowest BCUT2D eigenvalue weighted by molar-refractivity contribution is 0.0944. The molecule has 0 spiro atoms.